The average molecular weight is 232 g/mol. The fourth-order valence-electron chi connectivity index (χ4n) is 2.36. The van der Waals surface area contributed by atoms with Gasteiger partial charge in [-0.3, -0.25) is 4.79 Å². The molecule has 0 spiro atoms. The van der Waals surface area contributed by atoms with Gasteiger partial charge >= 0.3 is 0 Å². The lowest BCUT2D eigenvalue weighted by Crippen LogP contribution is -2.35. The number of rotatable bonds is 4. The van der Waals surface area contributed by atoms with Crippen LogP contribution in [0.3, 0.4) is 0 Å². The van der Waals surface area contributed by atoms with Crippen LogP contribution in [0.1, 0.15) is 38.2 Å². The molecule has 1 aliphatic carbocycles. The lowest BCUT2D eigenvalue weighted by molar-refractivity contribution is -0.134. The molecule has 1 unspecified atom stereocenters. The van der Waals surface area contributed by atoms with E-state index in [1.54, 1.807) is 0 Å². The minimum Gasteiger partial charge on any atom is -0.376 e. The Kier molecular flexibility index (Phi) is 3.95. The SMILES string of the molecule is CC1(COCc2ccccc2)CCCCC1=O. The molecule has 92 valence electrons. The highest BCUT2D eigenvalue weighted by atomic mass is 16.5. The summed E-state index contributed by atoms with van der Waals surface area (Å²) in [4.78, 5) is 11.9. The van der Waals surface area contributed by atoms with Gasteiger partial charge in [0.2, 0.25) is 0 Å². The third-order valence-corrected chi connectivity index (χ3v) is 3.59. The zero-order valence-electron chi connectivity index (χ0n) is 10.4. The maximum atomic E-state index is 11.9. The van der Waals surface area contributed by atoms with Gasteiger partial charge in [0.25, 0.3) is 0 Å². The van der Waals surface area contributed by atoms with Crippen LogP contribution in [-0.4, -0.2) is 12.4 Å². The first-order valence-electron chi connectivity index (χ1n) is 6.36. The Balaban J connectivity index is 1.83. The lowest BCUT2D eigenvalue weighted by Gasteiger charge is -2.31. The summed E-state index contributed by atoms with van der Waals surface area (Å²) in [5.74, 6) is 0.372. The third-order valence-electron chi connectivity index (χ3n) is 3.59. The summed E-state index contributed by atoms with van der Waals surface area (Å²) in [6.07, 6.45) is 3.90. The maximum absolute atomic E-state index is 11.9. The summed E-state index contributed by atoms with van der Waals surface area (Å²) in [5.41, 5.74) is 0.923. The largest absolute Gasteiger partial charge is 0.376 e. The standard InChI is InChI=1S/C15H20O2/c1-15(10-6-5-9-14(15)16)12-17-11-13-7-3-2-4-8-13/h2-4,7-8H,5-6,9-12H2,1H3. The van der Waals surface area contributed by atoms with Crippen molar-refractivity contribution >= 4 is 5.78 Å². The number of ketones is 1. The van der Waals surface area contributed by atoms with Crippen molar-refractivity contribution in [2.75, 3.05) is 6.61 Å². The minimum absolute atomic E-state index is 0.243. The van der Waals surface area contributed by atoms with E-state index in [0.29, 0.717) is 19.0 Å². The van der Waals surface area contributed by atoms with E-state index in [1.165, 1.54) is 5.56 Å². The molecule has 0 radical (unpaired) electrons. The molecule has 0 N–H and O–H groups in total. The molecule has 1 atom stereocenters. The van der Waals surface area contributed by atoms with E-state index in [1.807, 2.05) is 37.3 Å². The summed E-state index contributed by atoms with van der Waals surface area (Å²) >= 11 is 0. The lowest BCUT2D eigenvalue weighted by atomic mass is 9.75. The van der Waals surface area contributed by atoms with Gasteiger partial charge in [0.1, 0.15) is 5.78 Å². The van der Waals surface area contributed by atoms with Crippen LogP contribution in [-0.2, 0) is 16.1 Å². The number of hydrogen-bond donors (Lipinski definition) is 0. The van der Waals surface area contributed by atoms with Gasteiger partial charge in [-0.15, -0.1) is 0 Å². The second-order valence-electron chi connectivity index (χ2n) is 5.17. The van der Waals surface area contributed by atoms with Gasteiger partial charge in [0, 0.05) is 11.8 Å². The van der Waals surface area contributed by atoms with E-state index in [0.717, 1.165) is 25.7 Å². The highest BCUT2D eigenvalue weighted by Crippen LogP contribution is 2.33. The number of hydrogen-bond acceptors (Lipinski definition) is 2. The van der Waals surface area contributed by atoms with Crippen molar-refractivity contribution in [3.05, 3.63) is 35.9 Å². The number of Topliss-reactive ketones (excluding diaryl/α,β-unsaturated/α-hetero) is 1. The Hall–Kier alpha value is -1.15. The predicted octanol–water partition coefficient (Wildman–Crippen LogP) is 3.35. The van der Waals surface area contributed by atoms with Crippen molar-refractivity contribution in [3.63, 3.8) is 0 Å². The molecule has 0 amide bonds. The molecule has 1 aromatic rings. The molecule has 2 rings (SSSR count). The highest BCUT2D eigenvalue weighted by molar-refractivity contribution is 5.85. The number of ether oxygens (including phenoxy) is 1. The van der Waals surface area contributed by atoms with Gasteiger partial charge in [-0.1, -0.05) is 43.7 Å². The van der Waals surface area contributed by atoms with Crippen molar-refractivity contribution < 1.29 is 9.53 Å². The maximum Gasteiger partial charge on any atom is 0.141 e. The summed E-state index contributed by atoms with van der Waals surface area (Å²) in [5, 5.41) is 0. The summed E-state index contributed by atoms with van der Waals surface area (Å²) in [6.45, 7) is 3.20. The molecule has 0 aliphatic heterocycles. The molecule has 0 heterocycles. The smallest absolute Gasteiger partial charge is 0.141 e. The van der Waals surface area contributed by atoms with Crippen LogP contribution in [0.4, 0.5) is 0 Å². The Labute approximate surface area is 103 Å². The van der Waals surface area contributed by atoms with Crippen LogP contribution >= 0.6 is 0 Å². The molecule has 1 aromatic carbocycles. The first kappa shape index (κ1) is 12.3. The van der Waals surface area contributed by atoms with Crippen molar-refractivity contribution in [1.29, 1.82) is 0 Å². The Morgan fingerprint density at radius 2 is 2.00 bits per heavy atom. The monoisotopic (exact) mass is 232 g/mol. The van der Waals surface area contributed by atoms with E-state index in [2.05, 4.69) is 0 Å². The second-order valence-corrected chi connectivity index (χ2v) is 5.17. The van der Waals surface area contributed by atoms with Crippen LogP contribution in [0.25, 0.3) is 0 Å². The molecule has 1 aliphatic rings. The first-order valence-corrected chi connectivity index (χ1v) is 6.36. The predicted molar refractivity (Wildman–Crippen MR) is 67.7 cm³/mol. The minimum atomic E-state index is -0.243. The average Bonchev–Trinajstić information content (AvgIpc) is 2.35. The summed E-state index contributed by atoms with van der Waals surface area (Å²) < 4.78 is 5.71. The third kappa shape index (κ3) is 3.16. The number of carbonyl (C=O) groups is 1. The fourth-order valence-corrected chi connectivity index (χ4v) is 2.36. The van der Waals surface area contributed by atoms with E-state index in [-0.39, 0.29) is 5.41 Å². The number of carbonyl (C=O) groups excluding carboxylic acids is 1. The topological polar surface area (TPSA) is 26.3 Å². The zero-order chi connectivity index (χ0) is 12.1. The summed E-state index contributed by atoms with van der Waals surface area (Å²) in [7, 11) is 0. The highest BCUT2D eigenvalue weighted by Gasteiger charge is 2.35. The molecule has 0 saturated heterocycles. The van der Waals surface area contributed by atoms with Gasteiger partial charge in [-0.2, -0.15) is 0 Å². The zero-order valence-corrected chi connectivity index (χ0v) is 10.4. The van der Waals surface area contributed by atoms with E-state index >= 15 is 0 Å². The quantitative estimate of drug-likeness (QED) is 0.795. The molecule has 1 saturated carbocycles. The van der Waals surface area contributed by atoms with Crippen molar-refractivity contribution in [1.82, 2.24) is 0 Å². The Morgan fingerprint density at radius 1 is 1.24 bits per heavy atom. The van der Waals surface area contributed by atoms with Gasteiger partial charge in [0.15, 0.2) is 0 Å². The van der Waals surface area contributed by atoms with Crippen molar-refractivity contribution in [2.45, 2.75) is 39.2 Å². The molecule has 17 heavy (non-hydrogen) atoms. The van der Waals surface area contributed by atoms with E-state index < -0.39 is 0 Å². The normalized spacial score (nSPS) is 24.9. The van der Waals surface area contributed by atoms with Gasteiger partial charge < -0.3 is 4.74 Å². The van der Waals surface area contributed by atoms with Crippen LogP contribution in [0.5, 0.6) is 0 Å². The molecule has 2 heteroatoms. The van der Waals surface area contributed by atoms with Crippen LogP contribution in [0, 0.1) is 5.41 Å². The molecule has 0 aromatic heterocycles. The number of benzene rings is 1. The fraction of sp³-hybridized carbons (Fsp3) is 0.533. The molecule has 1 fully saturated rings. The Morgan fingerprint density at radius 3 is 2.71 bits per heavy atom. The van der Waals surface area contributed by atoms with E-state index in [4.69, 9.17) is 4.74 Å². The van der Waals surface area contributed by atoms with Crippen LogP contribution in [0.2, 0.25) is 0 Å². The first-order chi connectivity index (χ1) is 8.21. The van der Waals surface area contributed by atoms with E-state index in [9.17, 15) is 4.79 Å². The molecular weight excluding hydrogens is 212 g/mol. The van der Waals surface area contributed by atoms with Gasteiger partial charge in [-0.05, 0) is 18.4 Å². The summed E-state index contributed by atoms with van der Waals surface area (Å²) in [6, 6.07) is 10.1. The molecular formula is C15H20O2. The second kappa shape index (κ2) is 5.46. The van der Waals surface area contributed by atoms with Crippen LogP contribution < -0.4 is 0 Å². The molecule has 2 nitrogen and oxygen atoms in total. The van der Waals surface area contributed by atoms with Crippen molar-refractivity contribution in [3.8, 4) is 0 Å². The van der Waals surface area contributed by atoms with Gasteiger partial charge in [-0.25, -0.2) is 0 Å². The van der Waals surface area contributed by atoms with Crippen LogP contribution in [0.15, 0.2) is 30.3 Å². The Bertz CT molecular complexity index is 372. The van der Waals surface area contributed by atoms with Crippen molar-refractivity contribution in [2.24, 2.45) is 5.41 Å². The van der Waals surface area contributed by atoms with Gasteiger partial charge in [0.05, 0.1) is 13.2 Å². The molecule has 0 bridgehead atoms.